The van der Waals surface area contributed by atoms with Gasteiger partial charge in [0.1, 0.15) is 11.2 Å². The Labute approximate surface area is 327 Å². The van der Waals surface area contributed by atoms with Gasteiger partial charge in [0.25, 0.3) is 0 Å². The minimum atomic E-state index is 0.643. The van der Waals surface area contributed by atoms with Crippen molar-refractivity contribution in [3.05, 3.63) is 188 Å². The zero-order valence-corrected chi connectivity index (χ0v) is 30.9. The lowest BCUT2D eigenvalue weighted by Crippen LogP contribution is -2.00. The number of hydrogen-bond acceptors (Lipinski definition) is 5. The fourth-order valence-corrected chi connectivity index (χ4v) is 8.97. The quantitative estimate of drug-likeness (QED) is 0.171. The summed E-state index contributed by atoms with van der Waals surface area (Å²) in [6, 6.07) is 65.7. The van der Waals surface area contributed by atoms with E-state index in [-0.39, 0.29) is 0 Å². The largest absolute Gasteiger partial charge is 0.456 e. The summed E-state index contributed by atoms with van der Waals surface area (Å²) in [6.07, 6.45) is 0. The first-order valence-corrected chi connectivity index (χ1v) is 19.5. The minimum Gasteiger partial charge on any atom is -0.456 e. The van der Waals surface area contributed by atoms with E-state index in [1.165, 1.54) is 31.3 Å². The average Bonchev–Trinajstić information content (AvgIpc) is 3.84. The minimum absolute atomic E-state index is 0.643. The van der Waals surface area contributed by atoms with Crippen LogP contribution in [-0.4, -0.2) is 15.0 Å². The van der Waals surface area contributed by atoms with E-state index in [0.29, 0.717) is 17.5 Å². The highest BCUT2D eigenvalue weighted by molar-refractivity contribution is 7.25. The third-order valence-corrected chi connectivity index (χ3v) is 11.6. The Balaban J connectivity index is 1.02. The first-order chi connectivity index (χ1) is 27.7. The van der Waals surface area contributed by atoms with Crippen LogP contribution < -0.4 is 0 Å². The molecule has 0 unspecified atom stereocenters. The molecule has 0 atom stereocenters. The van der Waals surface area contributed by atoms with Gasteiger partial charge in [0.05, 0.1) is 0 Å². The van der Waals surface area contributed by atoms with Gasteiger partial charge < -0.3 is 4.42 Å². The second-order valence-electron chi connectivity index (χ2n) is 14.0. The molecule has 0 amide bonds. The number of benzene rings is 8. The van der Waals surface area contributed by atoms with Crippen molar-refractivity contribution in [1.29, 1.82) is 0 Å². The van der Waals surface area contributed by atoms with E-state index in [2.05, 4.69) is 140 Å². The normalized spacial score (nSPS) is 11.6. The van der Waals surface area contributed by atoms with Crippen LogP contribution in [0.4, 0.5) is 0 Å². The zero-order chi connectivity index (χ0) is 37.0. The molecule has 11 rings (SSSR count). The van der Waals surface area contributed by atoms with E-state index in [1.807, 2.05) is 48.5 Å². The Morgan fingerprint density at radius 1 is 0.321 bits per heavy atom. The van der Waals surface area contributed by atoms with Crippen molar-refractivity contribution >= 4 is 53.4 Å². The van der Waals surface area contributed by atoms with Crippen LogP contribution in [0.15, 0.2) is 192 Å². The second kappa shape index (κ2) is 13.3. The highest BCUT2D eigenvalue weighted by Crippen LogP contribution is 2.42. The molecular formula is C51H31N3OS. The molecule has 4 nitrogen and oxygen atoms in total. The maximum absolute atomic E-state index is 6.45. The molecule has 0 fully saturated rings. The average molecular weight is 734 g/mol. The van der Waals surface area contributed by atoms with Gasteiger partial charge in [0.2, 0.25) is 0 Å². The summed E-state index contributed by atoms with van der Waals surface area (Å²) < 4.78 is 8.86. The molecular weight excluding hydrogens is 703 g/mol. The number of hydrogen-bond donors (Lipinski definition) is 0. The van der Waals surface area contributed by atoms with Crippen molar-refractivity contribution in [2.75, 3.05) is 0 Å². The van der Waals surface area contributed by atoms with Crippen LogP contribution in [-0.2, 0) is 0 Å². The van der Waals surface area contributed by atoms with Gasteiger partial charge in [0.15, 0.2) is 17.5 Å². The molecule has 5 heteroatoms. The van der Waals surface area contributed by atoms with Crippen LogP contribution in [0.25, 0.3) is 110 Å². The van der Waals surface area contributed by atoms with Crippen LogP contribution in [0.1, 0.15) is 0 Å². The molecule has 0 aliphatic rings. The maximum atomic E-state index is 6.45. The summed E-state index contributed by atoms with van der Waals surface area (Å²) in [5.41, 5.74) is 11.5. The number of rotatable bonds is 6. The Morgan fingerprint density at radius 3 is 1.55 bits per heavy atom. The topological polar surface area (TPSA) is 51.8 Å². The molecule has 11 aromatic rings. The Bertz CT molecular complexity index is 3240. The van der Waals surface area contributed by atoms with Crippen molar-refractivity contribution in [2.24, 2.45) is 0 Å². The van der Waals surface area contributed by atoms with Gasteiger partial charge in [0, 0.05) is 47.6 Å². The molecule has 0 aliphatic carbocycles. The van der Waals surface area contributed by atoms with Crippen LogP contribution in [0.3, 0.4) is 0 Å². The molecule has 0 saturated heterocycles. The number of fused-ring (bicyclic) bond motifs is 6. The van der Waals surface area contributed by atoms with Crippen LogP contribution in [0.5, 0.6) is 0 Å². The van der Waals surface area contributed by atoms with Gasteiger partial charge in [-0.2, -0.15) is 0 Å². The van der Waals surface area contributed by atoms with Gasteiger partial charge in [-0.15, -0.1) is 11.3 Å². The molecule has 3 heterocycles. The SMILES string of the molecule is c1ccc(-c2cccc(-c3nc(-c4ccccc4)nc(-c4ccc5c(c4)sc4cc(-c6cc(-c7ccccc7)c7c(c6)oc6ccccc67)ccc45)n3)c2)cc1. The molecule has 0 radical (unpaired) electrons. The van der Waals surface area contributed by atoms with E-state index < -0.39 is 0 Å². The first-order valence-electron chi connectivity index (χ1n) is 18.7. The Morgan fingerprint density at radius 2 is 0.839 bits per heavy atom. The van der Waals surface area contributed by atoms with Gasteiger partial charge in [-0.3, -0.25) is 0 Å². The fourth-order valence-electron chi connectivity index (χ4n) is 7.78. The van der Waals surface area contributed by atoms with Crippen molar-refractivity contribution in [3.8, 4) is 67.5 Å². The summed E-state index contributed by atoms with van der Waals surface area (Å²) in [5, 5.41) is 4.72. The molecule has 0 N–H and O–H groups in total. The smallest absolute Gasteiger partial charge is 0.164 e. The van der Waals surface area contributed by atoms with Crippen molar-refractivity contribution in [2.45, 2.75) is 0 Å². The lowest BCUT2D eigenvalue weighted by atomic mass is 9.94. The number of furan rings is 1. The molecule has 262 valence electrons. The summed E-state index contributed by atoms with van der Waals surface area (Å²) >= 11 is 1.79. The van der Waals surface area contributed by atoms with E-state index in [1.54, 1.807) is 11.3 Å². The highest BCUT2D eigenvalue weighted by atomic mass is 32.1. The van der Waals surface area contributed by atoms with Gasteiger partial charge >= 0.3 is 0 Å². The van der Waals surface area contributed by atoms with Gasteiger partial charge in [-0.1, -0.05) is 152 Å². The molecule has 0 spiro atoms. The van der Waals surface area contributed by atoms with Crippen molar-refractivity contribution in [3.63, 3.8) is 0 Å². The zero-order valence-electron chi connectivity index (χ0n) is 30.1. The fraction of sp³-hybridized carbons (Fsp3) is 0. The molecule has 8 aromatic carbocycles. The molecule has 0 saturated carbocycles. The molecule has 0 aliphatic heterocycles. The first kappa shape index (κ1) is 32.2. The summed E-state index contributed by atoms with van der Waals surface area (Å²) in [5.74, 6) is 1.93. The van der Waals surface area contributed by atoms with Crippen LogP contribution >= 0.6 is 11.3 Å². The summed E-state index contributed by atoms with van der Waals surface area (Å²) in [7, 11) is 0. The van der Waals surface area contributed by atoms with Crippen molar-refractivity contribution < 1.29 is 4.42 Å². The Kier molecular flexibility index (Phi) is 7.64. The predicted octanol–water partition coefficient (Wildman–Crippen LogP) is 14.1. The monoisotopic (exact) mass is 733 g/mol. The second-order valence-corrected chi connectivity index (χ2v) is 15.1. The van der Waals surface area contributed by atoms with Crippen LogP contribution in [0, 0.1) is 0 Å². The molecule has 0 bridgehead atoms. The van der Waals surface area contributed by atoms with Gasteiger partial charge in [-0.25, -0.2) is 15.0 Å². The van der Waals surface area contributed by atoms with E-state index in [0.717, 1.165) is 60.9 Å². The van der Waals surface area contributed by atoms with Crippen LogP contribution in [0.2, 0.25) is 0 Å². The predicted molar refractivity (Wildman–Crippen MR) is 233 cm³/mol. The number of thiophene rings is 1. The molecule has 3 aromatic heterocycles. The highest BCUT2D eigenvalue weighted by Gasteiger charge is 2.18. The van der Waals surface area contributed by atoms with E-state index in [9.17, 15) is 0 Å². The number of para-hydroxylation sites is 1. The number of nitrogens with zero attached hydrogens (tertiary/aromatic N) is 3. The Hall–Kier alpha value is -7.21. The van der Waals surface area contributed by atoms with Gasteiger partial charge in [-0.05, 0) is 69.8 Å². The summed E-state index contributed by atoms with van der Waals surface area (Å²) in [6.45, 7) is 0. The summed E-state index contributed by atoms with van der Waals surface area (Å²) in [4.78, 5) is 15.1. The third-order valence-electron chi connectivity index (χ3n) is 10.5. The lowest BCUT2D eigenvalue weighted by molar-refractivity contribution is 0.669. The van der Waals surface area contributed by atoms with E-state index >= 15 is 0 Å². The standard InChI is InChI=1S/C51H31N3OS/c1-4-13-32(14-5-1)35-19-12-20-37(27-35)50-52-49(34-17-8-3-9-18-34)53-51(54-50)38-24-26-41-40-25-23-36(30-46(40)56-47(41)31-38)39-28-43(33-15-6-2-7-16-33)48-42-21-10-11-22-44(42)55-45(48)29-39/h1-31H. The molecule has 56 heavy (non-hydrogen) atoms. The van der Waals surface area contributed by atoms with Crippen molar-refractivity contribution in [1.82, 2.24) is 15.0 Å². The number of aromatic nitrogens is 3. The maximum Gasteiger partial charge on any atom is 0.164 e. The third kappa shape index (κ3) is 5.65. The lowest BCUT2D eigenvalue weighted by Gasteiger charge is -2.10. The van der Waals surface area contributed by atoms with E-state index in [4.69, 9.17) is 19.4 Å².